The number of fused-ring (bicyclic) bond motifs is 1. The maximum atomic E-state index is 11.8. The summed E-state index contributed by atoms with van der Waals surface area (Å²) in [6.45, 7) is 3.08. The second-order valence-corrected chi connectivity index (χ2v) is 8.06. The Hall–Kier alpha value is -2.46. The van der Waals surface area contributed by atoms with Crippen molar-refractivity contribution >= 4 is 29.2 Å². The number of aromatic nitrogens is 1. The molecule has 1 aromatic heterocycles. The average Bonchev–Trinajstić information content (AvgIpc) is 3.40. The number of rotatable bonds is 3. The molecule has 16 heteroatoms. The fourth-order valence-electron chi connectivity index (χ4n) is 3.43. The smallest absolute Gasteiger partial charge is 0.475 e. The number of nitrogens with zero attached hydrogens (tertiary/aromatic N) is 3. The Morgan fingerprint density at radius 3 is 2.00 bits per heavy atom. The van der Waals surface area contributed by atoms with Gasteiger partial charge in [0.2, 0.25) is 5.91 Å². The predicted molar refractivity (Wildman–Crippen MR) is 102 cm³/mol. The number of halogens is 6. The Morgan fingerprint density at radius 2 is 1.64 bits per heavy atom. The Morgan fingerprint density at radius 1 is 1.12 bits per heavy atom. The van der Waals surface area contributed by atoms with E-state index in [9.17, 15) is 31.1 Å². The van der Waals surface area contributed by atoms with Crippen LogP contribution in [-0.2, 0) is 20.9 Å². The zero-order valence-corrected chi connectivity index (χ0v) is 18.2. The number of nitrogens with one attached hydrogen (secondary N) is 1. The minimum atomic E-state index is -5.08. The first-order valence-corrected chi connectivity index (χ1v) is 10.1. The molecule has 0 spiro atoms. The van der Waals surface area contributed by atoms with Gasteiger partial charge in [-0.25, -0.2) is 14.6 Å². The highest BCUT2D eigenvalue weighted by molar-refractivity contribution is 7.09. The first-order chi connectivity index (χ1) is 15.1. The number of hydrogen-bond donors (Lipinski definition) is 3. The second kappa shape index (κ2) is 11.6. The van der Waals surface area contributed by atoms with Crippen molar-refractivity contribution in [1.29, 1.82) is 0 Å². The van der Waals surface area contributed by atoms with Crippen LogP contribution in [0.1, 0.15) is 11.4 Å². The third kappa shape index (κ3) is 8.77. The number of likely N-dealkylation sites (tertiary alicyclic amines) is 2. The Bertz CT molecular complexity index is 781. The fourth-order valence-corrected chi connectivity index (χ4v) is 4.09. The van der Waals surface area contributed by atoms with Crippen LogP contribution in [0.25, 0.3) is 0 Å². The zero-order valence-electron chi connectivity index (χ0n) is 17.4. The highest BCUT2D eigenvalue weighted by Gasteiger charge is 2.46. The number of alkyl halides is 6. The lowest BCUT2D eigenvalue weighted by Crippen LogP contribution is -2.44. The van der Waals surface area contributed by atoms with Gasteiger partial charge in [-0.3, -0.25) is 14.6 Å². The van der Waals surface area contributed by atoms with Crippen molar-refractivity contribution in [1.82, 2.24) is 20.1 Å². The van der Waals surface area contributed by atoms with E-state index in [1.165, 1.54) is 5.01 Å². The molecule has 0 aliphatic carbocycles. The monoisotopic (exact) mass is 508 g/mol. The minimum absolute atomic E-state index is 0.0574. The van der Waals surface area contributed by atoms with Gasteiger partial charge in [-0.1, -0.05) is 0 Å². The van der Waals surface area contributed by atoms with E-state index >= 15 is 0 Å². The lowest BCUT2D eigenvalue weighted by atomic mass is 10.0. The maximum Gasteiger partial charge on any atom is 0.490 e. The number of carboxylic acid groups (broad SMARTS) is 2. The van der Waals surface area contributed by atoms with Crippen LogP contribution in [-0.4, -0.2) is 94.5 Å². The Labute approximate surface area is 188 Å². The Balaban J connectivity index is 0.000000324. The van der Waals surface area contributed by atoms with Gasteiger partial charge in [0.05, 0.1) is 12.6 Å². The number of carboxylic acids is 2. The summed E-state index contributed by atoms with van der Waals surface area (Å²) in [6, 6.07) is 0.573. The predicted octanol–water partition coefficient (Wildman–Crippen LogP) is 1.66. The van der Waals surface area contributed by atoms with Crippen LogP contribution in [0, 0.1) is 5.92 Å². The van der Waals surface area contributed by atoms with Crippen molar-refractivity contribution in [3.8, 4) is 0 Å². The standard InChI is InChI=1S/C13H20N4OS.2C2HF3O2/c1-14-13(18)10-5-9-6-17(7-11(9)16(10)2)8-12-15-3-4-19-12;2*3-2(4,5)1(6)7/h3-4,9-11H,5-8H2,1-2H3,(H,14,18);2*(H,6,7)/t9-,10-,11+;;/m0../s1. The molecule has 1 amide bonds. The molecule has 0 saturated carbocycles. The summed E-state index contributed by atoms with van der Waals surface area (Å²) < 4.78 is 63.5. The molecular formula is C17H22F6N4O5S. The molecule has 9 nitrogen and oxygen atoms in total. The van der Waals surface area contributed by atoms with E-state index in [1.54, 1.807) is 18.4 Å². The van der Waals surface area contributed by atoms with Crippen LogP contribution in [0.5, 0.6) is 0 Å². The number of carbonyl (C=O) groups excluding carboxylic acids is 1. The highest BCUT2D eigenvalue weighted by Crippen LogP contribution is 2.35. The third-order valence-electron chi connectivity index (χ3n) is 4.90. The van der Waals surface area contributed by atoms with Crippen molar-refractivity contribution in [2.45, 2.75) is 37.4 Å². The number of hydrogen-bond acceptors (Lipinski definition) is 7. The van der Waals surface area contributed by atoms with E-state index in [4.69, 9.17) is 19.8 Å². The molecule has 3 N–H and O–H groups in total. The fraction of sp³-hybridized carbons (Fsp3) is 0.647. The first-order valence-electron chi connectivity index (χ1n) is 9.22. The van der Waals surface area contributed by atoms with Crippen molar-refractivity contribution < 1.29 is 50.9 Å². The van der Waals surface area contributed by atoms with E-state index < -0.39 is 24.3 Å². The summed E-state index contributed by atoms with van der Waals surface area (Å²) in [7, 11) is 3.80. The van der Waals surface area contributed by atoms with Crippen LogP contribution in [0.15, 0.2) is 11.6 Å². The topological polar surface area (TPSA) is 123 Å². The molecule has 2 aliphatic heterocycles. The molecule has 0 radical (unpaired) electrons. The molecule has 2 saturated heterocycles. The largest absolute Gasteiger partial charge is 0.490 e. The van der Waals surface area contributed by atoms with E-state index in [0.29, 0.717) is 12.0 Å². The molecule has 0 bridgehead atoms. The molecule has 188 valence electrons. The van der Waals surface area contributed by atoms with Gasteiger partial charge < -0.3 is 15.5 Å². The van der Waals surface area contributed by atoms with Crippen LogP contribution < -0.4 is 5.32 Å². The van der Waals surface area contributed by atoms with Gasteiger partial charge in [-0.05, 0) is 19.4 Å². The van der Waals surface area contributed by atoms with Gasteiger partial charge >= 0.3 is 24.3 Å². The average molecular weight is 508 g/mol. The number of thiazole rings is 1. The Kier molecular flexibility index (Phi) is 10.0. The summed E-state index contributed by atoms with van der Waals surface area (Å²) in [5.41, 5.74) is 0. The first kappa shape index (κ1) is 28.6. The molecule has 2 aliphatic rings. The molecule has 3 heterocycles. The quantitative estimate of drug-likeness (QED) is 0.527. The summed E-state index contributed by atoms with van der Waals surface area (Å²) >= 11 is 1.72. The lowest BCUT2D eigenvalue weighted by Gasteiger charge is -2.25. The number of amides is 1. The summed E-state index contributed by atoms with van der Waals surface area (Å²) in [6.07, 6.45) is -7.32. The highest BCUT2D eigenvalue weighted by atomic mass is 32.1. The van der Waals surface area contributed by atoms with E-state index in [2.05, 4.69) is 27.1 Å². The number of likely N-dealkylation sites (N-methyl/N-ethyl adjacent to an activating group) is 2. The minimum Gasteiger partial charge on any atom is -0.475 e. The molecule has 1 aromatic rings. The SMILES string of the molecule is CNC(=O)[C@@H]1C[C@H]2CN(Cc3nccs3)C[C@H]2N1C.O=C(O)C(F)(F)F.O=C(O)C(F)(F)F. The van der Waals surface area contributed by atoms with E-state index in [1.807, 2.05) is 11.6 Å². The second-order valence-electron chi connectivity index (χ2n) is 7.08. The van der Waals surface area contributed by atoms with Gasteiger partial charge in [0, 0.05) is 37.8 Å². The van der Waals surface area contributed by atoms with Crippen molar-refractivity contribution in [2.75, 3.05) is 27.2 Å². The summed E-state index contributed by atoms with van der Waals surface area (Å²) in [5.74, 6) is -4.74. The van der Waals surface area contributed by atoms with Gasteiger partial charge in [0.25, 0.3) is 0 Å². The van der Waals surface area contributed by atoms with Gasteiger partial charge in [-0.2, -0.15) is 26.3 Å². The van der Waals surface area contributed by atoms with Crippen LogP contribution in [0.3, 0.4) is 0 Å². The van der Waals surface area contributed by atoms with Crippen LogP contribution in [0.4, 0.5) is 26.3 Å². The van der Waals surface area contributed by atoms with Crippen LogP contribution >= 0.6 is 11.3 Å². The lowest BCUT2D eigenvalue weighted by molar-refractivity contribution is -0.193. The molecule has 3 rings (SSSR count). The third-order valence-corrected chi connectivity index (χ3v) is 5.66. The molecule has 0 unspecified atom stereocenters. The van der Waals surface area contributed by atoms with Crippen molar-refractivity contribution in [3.05, 3.63) is 16.6 Å². The van der Waals surface area contributed by atoms with E-state index in [0.717, 1.165) is 26.1 Å². The molecular weight excluding hydrogens is 486 g/mol. The number of aliphatic carboxylic acids is 2. The van der Waals surface area contributed by atoms with Gasteiger partial charge in [-0.15, -0.1) is 11.3 Å². The molecule has 33 heavy (non-hydrogen) atoms. The van der Waals surface area contributed by atoms with E-state index in [-0.39, 0.29) is 11.9 Å². The van der Waals surface area contributed by atoms with Crippen LogP contribution in [0.2, 0.25) is 0 Å². The number of carbonyl (C=O) groups is 3. The molecule has 3 atom stereocenters. The van der Waals surface area contributed by atoms with Gasteiger partial charge in [0.15, 0.2) is 0 Å². The molecule has 0 aromatic carbocycles. The summed E-state index contributed by atoms with van der Waals surface area (Å²) in [4.78, 5) is 38.7. The summed E-state index contributed by atoms with van der Waals surface area (Å²) in [5, 5.41) is 20.2. The normalized spacial score (nSPS) is 23.0. The van der Waals surface area contributed by atoms with Crippen molar-refractivity contribution in [2.24, 2.45) is 5.92 Å². The van der Waals surface area contributed by atoms with Gasteiger partial charge in [0.1, 0.15) is 5.01 Å². The van der Waals surface area contributed by atoms with Crippen molar-refractivity contribution in [3.63, 3.8) is 0 Å². The zero-order chi connectivity index (χ0) is 25.6. The molecule has 2 fully saturated rings. The maximum absolute atomic E-state index is 11.8.